The van der Waals surface area contributed by atoms with Crippen LogP contribution >= 0.6 is 11.6 Å². The molecular formula is C21H22ClN3. The Hall–Kier alpha value is -2.26. The van der Waals surface area contributed by atoms with Crippen molar-refractivity contribution in [3.05, 3.63) is 53.7 Å². The van der Waals surface area contributed by atoms with E-state index in [-0.39, 0.29) is 0 Å². The monoisotopic (exact) mass is 351 g/mol. The molecular weight excluding hydrogens is 330 g/mol. The number of halogens is 1. The second-order valence-corrected chi connectivity index (χ2v) is 7.19. The highest BCUT2D eigenvalue weighted by Gasteiger charge is 2.16. The molecule has 0 spiro atoms. The predicted molar refractivity (Wildman–Crippen MR) is 107 cm³/mol. The molecule has 0 unspecified atom stereocenters. The summed E-state index contributed by atoms with van der Waals surface area (Å²) in [6, 6.07) is 14.9. The number of hydrogen-bond acceptors (Lipinski definition) is 3. The minimum absolute atomic E-state index is 0.476. The lowest BCUT2D eigenvalue weighted by Crippen LogP contribution is -2.22. The number of fused-ring (bicyclic) bond motifs is 1. The first-order valence-electron chi connectivity index (χ1n) is 8.92. The Morgan fingerprint density at radius 3 is 2.56 bits per heavy atom. The maximum atomic E-state index is 6.58. The van der Waals surface area contributed by atoms with Gasteiger partial charge in [0, 0.05) is 28.9 Å². The fourth-order valence-electron chi connectivity index (χ4n) is 3.76. The lowest BCUT2D eigenvalue weighted by atomic mass is 9.95. The van der Waals surface area contributed by atoms with Crippen LogP contribution < -0.4 is 11.1 Å². The summed E-state index contributed by atoms with van der Waals surface area (Å²) in [5, 5.41) is 6.19. The van der Waals surface area contributed by atoms with E-state index in [1.54, 1.807) is 0 Å². The van der Waals surface area contributed by atoms with Gasteiger partial charge in [-0.2, -0.15) is 0 Å². The number of rotatable bonds is 3. The quantitative estimate of drug-likeness (QED) is 0.619. The molecule has 1 heterocycles. The first-order valence-corrected chi connectivity index (χ1v) is 9.30. The number of hydrogen-bond donors (Lipinski definition) is 2. The van der Waals surface area contributed by atoms with Crippen LogP contribution in [0, 0.1) is 0 Å². The van der Waals surface area contributed by atoms with Crippen LogP contribution in [0.4, 0.5) is 11.5 Å². The average Bonchev–Trinajstić information content (AvgIpc) is 2.63. The van der Waals surface area contributed by atoms with E-state index < -0.39 is 0 Å². The molecule has 128 valence electrons. The van der Waals surface area contributed by atoms with E-state index in [0.717, 1.165) is 27.6 Å². The second-order valence-electron chi connectivity index (χ2n) is 6.78. The Bertz CT molecular complexity index is 887. The van der Waals surface area contributed by atoms with Crippen LogP contribution in [0.5, 0.6) is 0 Å². The van der Waals surface area contributed by atoms with E-state index >= 15 is 0 Å². The SMILES string of the molecule is Nc1ncc(-c2ccccc2)c2cc(NC3CCCCC3)cc(Cl)c12. The van der Waals surface area contributed by atoms with Gasteiger partial charge in [-0.05, 0) is 35.9 Å². The Morgan fingerprint density at radius 1 is 1.04 bits per heavy atom. The molecule has 3 aromatic rings. The third-order valence-electron chi connectivity index (χ3n) is 5.03. The zero-order chi connectivity index (χ0) is 17.2. The topological polar surface area (TPSA) is 50.9 Å². The summed E-state index contributed by atoms with van der Waals surface area (Å²) in [6.07, 6.45) is 8.22. The first kappa shape index (κ1) is 16.2. The van der Waals surface area contributed by atoms with E-state index in [4.69, 9.17) is 17.3 Å². The van der Waals surface area contributed by atoms with Crippen molar-refractivity contribution in [2.24, 2.45) is 0 Å². The number of benzene rings is 2. The maximum absolute atomic E-state index is 6.58. The molecule has 25 heavy (non-hydrogen) atoms. The molecule has 1 aliphatic carbocycles. The number of anilines is 2. The van der Waals surface area contributed by atoms with Crippen molar-refractivity contribution in [2.45, 2.75) is 38.1 Å². The molecule has 0 aliphatic heterocycles. The van der Waals surface area contributed by atoms with Gasteiger partial charge in [-0.15, -0.1) is 0 Å². The van der Waals surface area contributed by atoms with E-state index in [1.165, 1.54) is 32.1 Å². The lowest BCUT2D eigenvalue weighted by Gasteiger charge is -2.24. The van der Waals surface area contributed by atoms with Gasteiger partial charge < -0.3 is 11.1 Å². The molecule has 3 nitrogen and oxygen atoms in total. The molecule has 1 saturated carbocycles. The Labute approximate surface area is 153 Å². The van der Waals surface area contributed by atoms with Crippen molar-refractivity contribution in [1.82, 2.24) is 4.98 Å². The van der Waals surface area contributed by atoms with Gasteiger partial charge in [-0.25, -0.2) is 4.98 Å². The minimum Gasteiger partial charge on any atom is -0.383 e. The summed E-state index contributed by atoms with van der Waals surface area (Å²) >= 11 is 6.58. The van der Waals surface area contributed by atoms with Gasteiger partial charge in [-0.1, -0.05) is 61.2 Å². The molecule has 2 aromatic carbocycles. The summed E-state index contributed by atoms with van der Waals surface area (Å²) in [5.41, 5.74) is 9.36. The predicted octanol–water partition coefficient (Wildman–Crippen LogP) is 5.88. The van der Waals surface area contributed by atoms with Crippen LogP contribution in [0.3, 0.4) is 0 Å². The lowest BCUT2D eigenvalue weighted by molar-refractivity contribution is 0.463. The Kier molecular flexibility index (Phi) is 4.50. The summed E-state index contributed by atoms with van der Waals surface area (Å²) in [5.74, 6) is 0.476. The first-order chi connectivity index (χ1) is 12.2. The third kappa shape index (κ3) is 3.29. The van der Waals surface area contributed by atoms with Gasteiger partial charge in [-0.3, -0.25) is 0 Å². The van der Waals surface area contributed by atoms with Crippen LogP contribution in [-0.4, -0.2) is 11.0 Å². The van der Waals surface area contributed by atoms with Gasteiger partial charge in [0.1, 0.15) is 5.82 Å². The van der Waals surface area contributed by atoms with Crippen molar-refractivity contribution in [3.8, 4) is 11.1 Å². The number of pyridine rings is 1. The minimum atomic E-state index is 0.476. The van der Waals surface area contributed by atoms with E-state index in [9.17, 15) is 0 Å². The number of nitrogens with one attached hydrogen (secondary N) is 1. The second kappa shape index (κ2) is 6.93. The molecule has 0 amide bonds. The molecule has 0 atom stereocenters. The van der Waals surface area contributed by atoms with E-state index in [0.29, 0.717) is 16.9 Å². The fraction of sp³-hybridized carbons (Fsp3) is 0.286. The van der Waals surface area contributed by atoms with Gasteiger partial charge in [0.25, 0.3) is 0 Å². The van der Waals surface area contributed by atoms with Gasteiger partial charge in [0.2, 0.25) is 0 Å². The Morgan fingerprint density at radius 2 is 1.80 bits per heavy atom. The van der Waals surface area contributed by atoms with Crippen molar-refractivity contribution >= 4 is 33.9 Å². The summed E-state index contributed by atoms with van der Waals surface area (Å²) in [7, 11) is 0. The maximum Gasteiger partial charge on any atom is 0.132 e. The fourth-order valence-corrected chi connectivity index (χ4v) is 4.08. The van der Waals surface area contributed by atoms with E-state index in [1.807, 2.05) is 30.5 Å². The highest BCUT2D eigenvalue weighted by atomic mass is 35.5. The van der Waals surface area contributed by atoms with Gasteiger partial charge in [0.15, 0.2) is 0 Å². The molecule has 3 N–H and O–H groups in total. The van der Waals surface area contributed by atoms with Crippen molar-refractivity contribution < 1.29 is 0 Å². The number of nitrogens with zero attached hydrogens (tertiary/aromatic N) is 1. The zero-order valence-electron chi connectivity index (χ0n) is 14.1. The van der Waals surface area contributed by atoms with Gasteiger partial charge >= 0.3 is 0 Å². The van der Waals surface area contributed by atoms with Crippen LogP contribution in [-0.2, 0) is 0 Å². The van der Waals surface area contributed by atoms with Crippen molar-refractivity contribution in [3.63, 3.8) is 0 Å². The number of aromatic nitrogens is 1. The number of nitrogen functional groups attached to an aromatic ring is 1. The molecule has 0 radical (unpaired) electrons. The van der Waals surface area contributed by atoms with Crippen molar-refractivity contribution in [2.75, 3.05) is 11.1 Å². The summed E-state index contributed by atoms with van der Waals surface area (Å²) < 4.78 is 0. The van der Waals surface area contributed by atoms with Crippen LogP contribution in [0.2, 0.25) is 5.02 Å². The molecule has 4 heteroatoms. The largest absolute Gasteiger partial charge is 0.383 e. The van der Waals surface area contributed by atoms with E-state index in [2.05, 4.69) is 28.5 Å². The smallest absolute Gasteiger partial charge is 0.132 e. The van der Waals surface area contributed by atoms with Crippen LogP contribution in [0.15, 0.2) is 48.7 Å². The molecule has 1 fully saturated rings. The van der Waals surface area contributed by atoms with Crippen molar-refractivity contribution in [1.29, 1.82) is 0 Å². The third-order valence-corrected chi connectivity index (χ3v) is 5.33. The Balaban J connectivity index is 1.82. The molecule has 0 saturated heterocycles. The van der Waals surface area contributed by atoms with Crippen LogP contribution in [0.25, 0.3) is 21.9 Å². The number of nitrogens with two attached hydrogens (primary N) is 1. The highest BCUT2D eigenvalue weighted by molar-refractivity contribution is 6.37. The standard InChI is InChI=1S/C21H22ClN3/c22-19-12-16(25-15-9-5-2-6-10-15)11-17-18(13-24-21(23)20(17)19)14-7-3-1-4-8-14/h1,3-4,7-8,11-13,15,25H,2,5-6,9-10H2,(H2,23,24). The normalized spacial score (nSPS) is 15.4. The average molecular weight is 352 g/mol. The zero-order valence-corrected chi connectivity index (χ0v) is 14.9. The molecule has 4 rings (SSSR count). The molecule has 1 aliphatic rings. The highest BCUT2D eigenvalue weighted by Crippen LogP contribution is 2.37. The molecule has 1 aromatic heterocycles. The summed E-state index contributed by atoms with van der Waals surface area (Å²) in [4.78, 5) is 4.36. The van der Waals surface area contributed by atoms with Gasteiger partial charge in [0.05, 0.1) is 5.02 Å². The summed E-state index contributed by atoms with van der Waals surface area (Å²) in [6.45, 7) is 0. The van der Waals surface area contributed by atoms with Crippen LogP contribution in [0.1, 0.15) is 32.1 Å². The molecule has 0 bridgehead atoms.